The molecular weight excluding hydrogens is 176 g/mol. The molecule has 3 unspecified atom stereocenters. The summed E-state index contributed by atoms with van der Waals surface area (Å²) in [6.45, 7) is 4.27. The van der Waals surface area contributed by atoms with Crippen LogP contribution in [-0.4, -0.2) is 17.3 Å². The van der Waals surface area contributed by atoms with Gasteiger partial charge in [-0.15, -0.1) is 0 Å². The molecular formula is C12H16O2. The summed E-state index contributed by atoms with van der Waals surface area (Å²) in [7, 11) is 0. The van der Waals surface area contributed by atoms with E-state index in [9.17, 15) is 5.11 Å². The Kier molecular flexibility index (Phi) is 2.46. The fourth-order valence-electron chi connectivity index (χ4n) is 1.79. The summed E-state index contributed by atoms with van der Waals surface area (Å²) in [4.78, 5) is 0. The molecule has 0 aliphatic carbocycles. The van der Waals surface area contributed by atoms with Crippen molar-refractivity contribution < 1.29 is 9.84 Å². The zero-order valence-corrected chi connectivity index (χ0v) is 8.60. The highest BCUT2D eigenvalue weighted by Gasteiger charge is 2.35. The summed E-state index contributed by atoms with van der Waals surface area (Å²) in [5, 5.41) is 9.33. The molecule has 1 aromatic rings. The van der Waals surface area contributed by atoms with Gasteiger partial charge < -0.3 is 9.84 Å². The Morgan fingerprint density at radius 2 is 2.21 bits per heavy atom. The van der Waals surface area contributed by atoms with Crippen molar-refractivity contribution in [2.45, 2.75) is 38.4 Å². The summed E-state index contributed by atoms with van der Waals surface area (Å²) in [5.41, 5.74) is 1.19. The van der Waals surface area contributed by atoms with Crippen molar-refractivity contribution in [3.8, 4) is 5.75 Å². The largest absolute Gasteiger partial charge is 0.508 e. The minimum Gasteiger partial charge on any atom is -0.508 e. The van der Waals surface area contributed by atoms with E-state index in [0.717, 1.165) is 6.42 Å². The number of epoxide rings is 1. The van der Waals surface area contributed by atoms with Crippen LogP contribution in [0.15, 0.2) is 24.3 Å². The van der Waals surface area contributed by atoms with Gasteiger partial charge in [0.25, 0.3) is 0 Å². The Hall–Kier alpha value is -1.02. The van der Waals surface area contributed by atoms with Crippen LogP contribution < -0.4 is 0 Å². The van der Waals surface area contributed by atoms with E-state index in [1.807, 2.05) is 12.1 Å². The van der Waals surface area contributed by atoms with Crippen molar-refractivity contribution in [1.29, 1.82) is 0 Å². The van der Waals surface area contributed by atoms with E-state index in [1.54, 1.807) is 6.07 Å². The molecule has 1 heterocycles. The quantitative estimate of drug-likeness (QED) is 0.747. The van der Waals surface area contributed by atoms with Crippen molar-refractivity contribution >= 4 is 0 Å². The maximum absolute atomic E-state index is 9.33. The molecule has 2 rings (SSSR count). The molecule has 1 aliphatic heterocycles. The third-order valence-electron chi connectivity index (χ3n) is 2.86. The Labute approximate surface area is 84.5 Å². The first kappa shape index (κ1) is 9.53. The molecule has 2 nitrogen and oxygen atoms in total. The number of hydrogen-bond acceptors (Lipinski definition) is 2. The lowest BCUT2D eigenvalue weighted by molar-refractivity contribution is 0.362. The van der Waals surface area contributed by atoms with Gasteiger partial charge >= 0.3 is 0 Å². The fourth-order valence-corrected chi connectivity index (χ4v) is 1.79. The highest BCUT2D eigenvalue weighted by molar-refractivity contribution is 5.29. The molecule has 2 heteroatoms. The smallest absolute Gasteiger partial charge is 0.115 e. The van der Waals surface area contributed by atoms with E-state index >= 15 is 0 Å². The van der Waals surface area contributed by atoms with Gasteiger partial charge in [0.2, 0.25) is 0 Å². The number of ether oxygens (including phenoxy) is 1. The first-order valence-corrected chi connectivity index (χ1v) is 5.11. The lowest BCUT2D eigenvalue weighted by Crippen LogP contribution is -1.99. The molecule has 0 aromatic heterocycles. The molecule has 1 N–H and O–H groups in total. The molecule has 0 bridgehead atoms. The van der Waals surface area contributed by atoms with Gasteiger partial charge in [-0.1, -0.05) is 19.1 Å². The van der Waals surface area contributed by atoms with Gasteiger partial charge in [0.1, 0.15) is 5.75 Å². The number of hydrogen-bond donors (Lipinski definition) is 1. The van der Waals surface area contributed by atoms with Crippen LogP contribution in [0.4, 0.5) is 0 Å². The van der Waals surface area contributed by atoms with Gasteiger partial charge in [-0.3, -0.25) is 0 Å². The van der Waals surface area contributed by atoms with Crippen molar-refractivity contribution in [2.75, 3.05) is 0 Å². The second-order valence-electron chi connectivity index (χ2n) is 4.11. The highest BCUT2D eigenvalue weighted by Crippen LogP contribution is 2.32. The summed E-state index contributed by atoms with van der Waals surface area (Å²) < 4.78 is 5.38. The maximum Gasteiger partial charge on any atom is 0.115 e. The fraction of sp³-hybridized carbons (Fsp3) is 0.500. The van der Waals surface area contributed by atoms with Crippen LogP contribution in [0, 0.1) is 0 Å². The lowest BCUT2D eigenvalue weighted by atomic mass is 9.95. The van der Waals surface area contributed by atoms with E-state index < -0.39 is 0 Å². The monoisotopic (exact) mass is 192 g/mol. The third-order valence-corrected chi connectivity index (χ3v) is 2.86. The number of benzene rings is 1. The normalized spacial score (nSPS) is 27.3. The average molecular weight is 192 g/mol. The Balaban J connectivity index is 2.00. The number of phenols is 1. The first-order valence-electron chi connectivity index (χ1n) is 5.11. The molecule has 0 amide bonds. The van der Waals surface area contributed by atoms with Crippen molar-refractivity contribution in [1.82, 2.24) is 0 Å². The Morgan fingerprint density at radius 3 is 2.79 bits per heavy atom. The maximum atomic E-state index is 9.33. The second-order valence-corrected chi connectivity index (χ2v) is 4.11. The minimum atomic E-state index is 0.346. The van der Waals surface area contributed by atoms with Gasteiger partial charge in [-0.05, 0) is 37.0 Å². The van der Waals surface area contributed by atoms with Crippen LogP contribution in [0.3, 0.4) is 0 Å². The van der Waals surface area contributed by atoms with Crippen molar-refractivity contribution in [3.05, 3.63) is 29.8 Å². The van der Waals surface area contributed by atoms with Crippen LogP contribution >= 0.6 is 0 Å². The van der Waals surface area contributed by atoms with E-state index in [1.165, 1.54) is 5.56 Å². The van der Waals surface area contributed by atoms with Crippen LogP contribution in [0.1, 0.15) is 31.7 Å². The van der Waals surface area contributed by atoms with Crippen molar-refractivity contribution in [2.24, 2.45) is 0 Å². The summed E-state index contributed by atoms with van der Waals surface area (Å²) in [6, 6.07) is 7.47. The van der Waals surface area contributed by atoms with Crippen LogP contribution in [0.5, 0.6) is 5.75 Å². The van der Waals surface area contributed by atoms with Crippen LogP contribution in [-0.2, 0) is 4.74 Å². The summed E-state index contributed by atoms with van der Waals surface area (Å²) in [6.07, 6.45) is 1.90. The zero-order valence-electron chi connectivity index (χ0n) is 8.60. The standard InChI is InChI=1S/C12H16O2/c1-8(6-12-9(2)14-12)10-4-3-5-11(13)7-10/h3-5,7-9,12-13H,6H2,1-2H3. The minimum absolute atomic E-state index is 0.346. The molecule has 76 valence electrons. The summed E-state index contributed by atoms with van der Waals surface area (Å²) >= 11 is 0. The van der Waals surface area contributed by atoms with Crippen molar-refractivity contribution in [3.63, 3.8) is 0 Å². The van der Waals surface area contributed by atoms with Gasteiger partial charge in [0.15, 0.2) is 0 Å². The topological polar surface area (TPSA) is 32.8 Å². The Morgan fingerprint density at radius 1 is 1.50 bits per heavy atom. The van der Waals surface area contributed by atoms with E-state index in [0.29, 0.717) is 23.9 Å². The average Bonchev–Trinajstić information content (AvgIpc) is 2.81. The molecule has 3 atom stereocenters. The molecule has 1 saturated heterocycles. The lowest BCUT2D eigenvalue weighted by Gasteiger charge is -2.10. The molecule has 1 fully saturated rings. The van der Waals surface area contributed by atoms with Gasteiger partial charge in [-0.25, -0.2) is 0 Å². The highest BCUT2D eigenvalue weighted by atomic mass is 16.6. The predicted molar refractivity (Wildman–Crippen MR) is 55.5 cm³/mol. The van der Waals surface area contributed by atoms with Gasteiger partial charge in [0, 0.05) is 0 Å². The SMILES string of the molecule is CC(CC1OC1C)c1cccc(O)c1. The Bertz CT molecular complexity index is 322. The molecule has 0 spiro atoms. The molecule has 1 aromatic carbocycles. The molecule has 14 heavy (non-hydrogen) atoms. The number of phenolic OH excluding ortho intramolecular Hbond substituents is 1. The van der Waals surface area contributed by atoms with Crippen LogP contribution in [0.25, 0.3) is 0 Å². The van der Waals surface area contributed by atoms with Crippen LogP contribution in [0.2, 0.25) is 0 Å². The first-order chi connectivity index (χ1) is 6.66. The molecule has 1 aliphatic rings. The number of aromatic hydroxyl groups is 1. The van der Waals surface area contributed by atoms with E-state index in [-0.39, 0.29) is 0 Å². The van der Waals surface area contributed by atoms with Gasteiger partial charge in [0.05, 0.1) is 12.2 Å². The third kappa shape index (κ3) is 2.07. The molecule has 0 radical (unpaired) electrons. The second kappa shape index (κ2) is 3.62. The zero-order chi connectivity index (χ0) is 10.1. The van der Waals surface area contributed by atoms with E-state index in [4.69, 9.17) is 4.74 Å². The number of rotatable bonds is 3. The predicted octanol–water partition coefficient (Wildman–Crippen LogP) is 2.67. The van der Waals surface area contributed by atoms with E-state index in [2.05, 4.69) is 19.9 Å². The van der Waals surface area contributed by atoms with Gasteiger partial charge in [-0.2, -0.15) is 0 Å². The molecule has 0 saturated carbocycles. The summed E-state index contributed by atoms with van der Waals surface area (Å²) in [5.74, 6) is 0.802.